The van der Waals surface area contributed by atoms with E-state index in [1.54, 1.807) is 0 Å². The van der Waals surface area contributed by atoms with Crippen LogP contribution in [0.1, 0.15) is 36.5 Å². The molecule has 2 N–H and O–H groups in total. The first-order valence-electron chi connectivity index (χ1n) is 6.77. The molecule has 2 rings (SSSR count). The highest BCUT2D eigenvalue weighted by molar-refractivity contribution is 7.98. The van der Waals surface area contributed by atoms with Gasteiger partial charge in [0, 0.05) is 17.1 Å². The zero-order valence-electron chi connectivity index (χ0n) is 11.5. The van der Waals surface area contributed by atoms with Gasteiger partial charge in [0.15, 0.2) is 0 Å². The third kappa shape index (κ3) is 3.24. The van der Waals surface area contributed by atoms with Gasteiger partial charge in [-0.25, -0.2) is 4.79 Å². The van der Waals surface area contributed by atoms with E-state index < -0.39 is 5.97 Å². The lowest BCUT2D eigenvalue weighted by Crippen LogP contribution is -2.18. The molecule has 3 nitrogen and oxygen atoms in total. The highest BCUT2D eigenvalue weighted by atomic mass is 32.2. The Bertz CT molecular complexity index is 461. The SMILES string of the molecule is CSc1cccc(NCC2CCCC2C)c1C(=O)O. The van der Waals surface area contributed by atoms with Gasteiger partial charge < -0.3 is 10.4 Å². The number of hydrogen-bond acceptors (Lipinski definition) is 3. The molecule has 0 spiro atoms. The Balaban J connectivity index is 2.13. The van der Waals surface area contributed by atoms with Crippen LogP contribution in [0.3, 0.4) is 0 Å². The van der Waals surface area contributed by atoms with Crippen molar-refractivity contribution in [2.75, 3.05) is 18.1 Å². The molecule has 1 aliphatic carbocycles. The van der Waals surface area contributed by atoms with Gasteiger partial charge in [-0.05, 0) is 36.6 Å². The first kappa shape index (κ1) is 14.3. The quantitative estimate of drug-likeness (QED) is 0.801. The molecule has 19 heavy (non-hydrogen) atoms. The fourth-order valence-electron chi connectivity index (χ4n) is 2.84. The van der Waals surface area contributed by atoms with E-state index in [0.29, 0.717) is 11.5 Å². The van der Waals surface area contributed by atoms with Crippen LogP contribution < -0.4 is 5.32 Å². The highest BCUT2D eigenvalue weighted by Crippen LogP contribution is 2.32. The van der Waals surface area contributed by atoms with Gasteiger partial charge in [0.05, 0.1) is 5.56 Å². The number of carboxylic acids is 1. The predicted octanol–water partition coefficient (Wildman–Crippen LogP) is 3.95. The molecule has 1 aliphatic rings. The predicted molar refractivity (Wildman–Crippen MR) is 80.2 cm³/mol. The van der Waals surface area contributed by atoms with E-state index in [1.165, 1.54) is 31.0 Å². The Morgan fingerprint density at radius 1 is 1.47 bits per heavy atom. The van der Waals surface area contributed by atoms with Crippen molar-refractivity contribution in [3.05, 3.63) is 23.8 Å². The van der Waals surface area contributed by atoms with E-state index >= 15 is 0 Å². The van der Waals surface area contributed by atoms with Crippen molar-refractivity contribution < 1.29 is 9.90 Å². The molecular weight excluding hydrogens is 258 g/mol. The van der Waals surface area contributed by atoms with Gasteiger partial charge in [-0.3, -0.25) is 0 Å². The van der Waals surface area contributed by atoms with Crippen LogP contribution in [0.25, 0.3) is 0 Å². The zero-order chi connectivity index (χ0) is 13.8. The summed E-state index contributed by atoms with van der Waals surface area (Å²) in [7, 11) is 0. The summed E-state index contributed by atoms with van der Waals surface area (Å²) in [5.74, 6) is 0.552. The van der Waals surface area contributed by atoms with Gasteiger partial charge in [0.25, 0.3) is 0 Å². The van der Waals surface area contributed by atoms with Crippen LogP contribution in [0.5, 0.6) is 0 Å². The van der Waals surface area contributed by atoms with Crippen LogP contribution in [-0.2, 0) is 0 Å². The Morgan fingerprint density at radius 2 is 2.26 bits per heavy atom. The molecule has 2 atom stereocenters. The number of rotatable bonds is 5. The number of carbonyl (C=O) groups is 1. The van der Waals surface area contributed by atoms with Crippen LogP contribution >= 0.6 is 11.8 Å². The minimum absolute atomic E-state index is 0.403. The van der Waals surface area contributed by atoms with Gasteiger partial charge in [0.1, 0.15) is 0 Å². The van der Waals surface area contributed by atoms with Crippen LogP contribution in [0.15, 0.2) is 23.1 Å². The number of nitrogens with one attached hydrogen (secondary N) is 1. The molecule has 0 radical (unpaired) electrons. The van der Waals surface area contributed by atoms with Crippen LogP contribution in [0, 0.1) is 11.8 Å². The molecule has 1 fully saturated rings. The summed E-state index contributed by atoms with van der Waals surface area (Å²) in [5, 5.41) is 12.7. The van der Waals surface area contributed by atoms with Gasteiger partial charge in [-0.1, -0.05) is 25.8 Å². The van der Waals surface area contributed by atoms with E-state index in [-0.39, 0.29) is 0 Å². The first-order valence-corrected chi connectivity index (χ1v) is 8.00. The fourth-order valence-corrected chi connectivity index (χ4v) is 3.45. The maximum absolute atomic E-state index is 11.4. The Kier molecular flexibility index (Phi) is 4.75. The van der Waals surface area contributed by atoms with E-state index in [4.69, 9.17) is 0 Å². The minimum Gasteiger partial charge on any atom is -0.478 e. The van der Waals surface area contributed by atoms with E-state index in [1.807, 2.05) is 24.5 Å². The first-order chi connectivity index (χ1) is 9.13. The largest absolute Gasteiger partial charge is 0.478 e. The van der Waals surface area contributed by atoms with Crippen molar-refractivity contribution in [3.63, 3.8) is 0 Å². The molecule has 0 saturated heterocycles. The summed E-state index contributed by atoms with van der Waals surface area (Å²) < 4.78 is 0. The normalized spacial score (nSPS) is 22.4. The van der Waals surface area contributed by atoms with Crippen LogP contribution in [0.2, 0.25) is 0 Å². The topological polar surface area (TPSA) is 49.3 Å². The molecule has 4 heteroatoms. The number of carboxylic acid groups (broad SMARTS) is 1. The summed E-state index contributed by atoms with van der Waals surface area (Å²) >= 11 is 1.48. The average molecular weight is 279 g/mol. The lowest BCUT2D eigenvalue weighted by Gasteiger charge is -2.18. The molecule has 0 amide bonds. The smallest absolute Gasteiger partial charge is 0.338 e. The molecule has 1 aromatic rings. The van der Waals surface area contributed by atoms with Gasteiger partial charge >= 0.3 is 5.97 Å². The molecule has 0 heterocycles. The van der Waals surface area contributed by atoms with Gasteiger partial charge in [-0.2, -0.15) is 0 Å². The van der Waals surface area contributed by atoms with Crippen molar-refractivity contribution in [2.45, 2.75) is 31.1 Å². The highest BCUT2D eigenvalue weighted by Gasteiger charge is 2.23. The zero-order valence-corrected chi connectivity index (χ0v) is 12.3. The van der Waals surface area contributed by atoms with E-state index in [9.17, 15) is 9.90 Å². The second kappa shape index (κ2) is 6.33. The number of aromatic carboxylic acids is 1. The molecule has 0 aromatic heterocycles. The summed E-state index contributed by atoms with van der Waals surface area (Å²) in [6.45, 7) is 3.16. The maximum Gasteiger partial charge on any atom is 0.338 e. The molecule has 1 saturated carbocycles. The maximum atomic E-state index is 11.4. The molecular formula is C15H21NO2S. The van der Waals surface area contributed by atoms with Crippen molar-refractivity contribution in [1.29, 1.82) is 0 Å². The number of hydrogen-bond donors (Lipinski definition) is 2. The second-order valence-corrected chi connectivity index (χ2v) is 6.09. The number of thioether (sulfide) groups is 1. The molecule has 0 aliphatic heterocycles. The van der Waals surface area contributed by atoms with Crippen molar-refractivity contribution >= 4 is 23.4 Å². The third-order valence-electron chi connectivity index (χ3n) is 4.05. The second-order valence-electron chi connectivity index (χ2n) is 5.24. The fraction of sp³-hybridized carbons (Fsp3) is 0.533. The number of anilines is 1. The summed E-state index contributed by atoms with van der Waals surface area (Å²) in [6.07, 6.45) is 5.75. The summed E-state index contributed by atoms with van der Waals surface area (Å²) in [4.78, 5) is 12.2. The van der Waals surface area contributed by atoms with Gasteiger partial charge in [-0.15, -0.1) is 11.8 Å². The summed E-state index contributed by atoms with van der Waals surface area (Å²) in [5.41, 5.74) is 1.15. The van der Waals surface area contributed by atoms with E-state index in [2.05, 4.69) is 12.2 Å². The van der Waals surface area contributed by atoms with Crippen molar-refractivity contribution in [1.82, 2.24) is 0 Å². The Morgan fingerprint density at radius 3 is 2.84 bits per heavy atom. The van der Waals surface area contributed by atoms with Crippen molar-refractivity contribution in [2.24, 2.45) is 11.8 Å². The average Bonchev–Trinajstić information content (AvgIpc) is 2.81. The van der Waals surface area contributed by atoms with Crippen molar-refractivity contribution in [3.8, 4) is 0 Å². The summed E-state index contributed by atoms with van der Waals surface area (Å²) in [6, 6.07) is 5.64. The Labute approximate surface area is 118 Å². The number of benzene rings is 1. The van der Waals surface area contributed by atoms with Crippen LogP contribution in [-0.4, -0.2) is 23.9 Å². The van der Waals surface area contributed by atoms with Gasteiger partial charge in [0.2, 0.25) is 0 Å². The van der Waals surface area contributed by atoms with Crippen LogP contribution in [0.4, 0.5) is 5.69 Å². The minimum atomic E-state index is -0.855. The lowest BCUT2D eigenvalue weighted by atomic mass is 9.98. The third-order valence-corrected chi connectivity index (χ3v) is 4.83. The molecule has 0 bridgehead atoms. The monoisotopic (exact) mass is 279 g/mol. The molecule has 1 aromatic carbocycles. The Hall–Kier alpha value is -1.16. The standard InChI is InChI=1S/C15H21NO2S/c1-10-5-3-6-11(10)9-16-12-7-4-8-13(19-2)14(12)15(17)18/h4,7-8,10-11,16H,3,5-6,9H2,1-2H3,(H,17,18). The lowest BCUT2D eigenvalue weighted by molar-refractivity contribution is 0.0694. The van der Waals surface area contributed by atoms with E-state index in [0.717, 1.165) is 23.0 Å². The molecule has 104 valence electrons. The molecule has 2 unspecified atom stereocenters.